The summed E-state index contributed by atoms with van der Waals surface area (Å²) in [6, 6.07) is 3.81. The van der Waals surface area contributed by atoms with Crippen LogP contribution in [0.5, 0.6) is 0 Å². The molecule has 3 rings (SSSR count). The summed E-state index contributed by atoms with van der Waals surface area (Å²) < 4.78 is 0. The summed E-state index contributed by atoms with van der Waals surface area (Å²) in [6.45, 7) is 3.60. The minimum atomic E-state index is -0.384. The Hall–Kier alpha value is -1.33. The molecule has 3 atom stereocenters. The molecule has 126 valence electrons. The van der Waals surface area contributed by atoms with Gasteiger partial charge in [-0.05, 0) is 38.3 Å². The van der Waals surface area contributed by atoms with Crippen molar-refractivity contribution in [3.63, 3.8) is 0 Å². The molecule has 0 radical (unpaired) electrons. The maximum atomic E-state index is 12.6. The standard InChI is InChI=1S/C17H25ClN4O/c1-17(19)8-3-2-5-13(17)16(23)21-12-7-10-22(11-12)15-14(18)6-4-9-20-15/h4,6,9,12-13H,2-3,5,7-8,10-11,19H2,1H3,(H,21,23). The average Bonchev–Trinajstić information content (AvgIpc) is 2.95. The van der Waals surface area contributed by atoms with Gasteiger partial charge in [0, 0.05) is 30.9 Å². The highest BCUT2D eigenvalue weighted by molar-refractivity contribution is 6.32. The molecule has 1 aromatic heterocycles. The van der Waals surface area contributed by atoms with Crippen LogP contribution in [-0.4, -0.2) is 35.6 Å². The third-order valence-electron chi connectivity index (χ3n) is 5.14. The number of pyridine rings is 1. The summed E-state index contributed by atoms with van der Waals surface area (Å²) in [6.07, 6.45) is 6.67. The maximum absolute atomic E-state index is 12.6. The quantitative estimate of drug-likeness (QED) is 0.888. The molecule has 23 heavy (non-hydrogen) atoms. The summed E-state index contributed by atoms with van der Waals surface area (Å²) >= 11 is 6.21. The Balaban J connectivity index is 1.60. The van der Waals surface area contributed by atoms with Crippen LogP contribution < -0.4 is 16.0 Å². The SMILES string of the molecule is CC1(N)CCCCC1C(=O)NC1CCN(c2ncccc2Cl)C1. The molecule has 3 unspecified atom stereocenters. The van der Waals surface area contributed by atoms with Gasteiger partial charge in [-0.25, -0.2) is 4.98 Å². The third kappa shape index (κ3) is 3.61. The number of carbonyl (C=O) groups excluding carboxylic acids is 1. The molecular formula is C17H25ClN4O. The van der Waals surface area contributed by atoms with E-state index in [4.69, 9.17) is 17.3 Å². The summed E-state index contributed by atoms with van der Waals surface area (Å²) in [7, 11) is 0. The molecule has 3 N–H and O–H groups in total. The number of aromatic nitrogens is 1. The maximum Gasteiger partial charge on any atom is 0.225 e. The van der Waals surface area contributed by atoms with Gasteiger partial charge in [0.05, 0.1) is 10.9 Å². The normalized spacial score (nSPS) is 31.2. The van der Waals surface area contributed by atoms with E-state index in [1.165, 1.54) is 0 Å². The monoisotopic (exact) mass is 336 g/mol. The van der Waals surface area contributed by atoms with E-state index in [0.717, 1.165) is 51.0 Å². The predicted octanol–water partition coefficient (Wildman–Crippen LogP) is 2.34. The fraction of sp³-hybridized carbons (Fsp3) is 0.647. The summed E-state index contributed by atoms with van der Waals surface area (Å²) in [5.74, 6) is 0.824. The molecule has 6 heteroatoms. The van der Waals surface area contributed by atoms with Crippen LogP contribution in [0.2, 0.25) is 5.02 Å². The Morgan fingerprint density at radius 3 is 3.04 bits per heavy atom. The molecule has 1 aliphatic heterocycles. The van der Waals surface area contributed by atoms with Crippen molar-refractivity contribution >= 4 is 23.3 Å². The van der Waals surface area contributed by atoms with Crippen LogP contribution in [0.4, 0.5) is 5.82 Å². The number of anilines is 1. The fourth-order valence-electron chi connectivity index (χ4n) is 3.77. The Bertz CT molecular complexity index is 577. The number of hydrogen-bond acceptors (Lipinski definition) is 4. The first-order valence-corrected chi connectivity index (χ1v) is 8.80. The van der Waals surface area contributed by atoms with Gasteiger partial charge in [-0.1, -0.05) is 24.4 Å². The molecule has 0 spiro atoms. The van der Waals surface area contributed by atoms with Gasteiger partial charge < -0.3 is 16.0 Å². The number of carbonyl (C=O) groups is 1. The topological polar surface area (TPSA) is 71.2 Å². The first-order chi connectivity index (χ1) is 11.0. The van der Waals surface area contributed by atoms with Gasteiger partial charge in [-0.15, -0.1) is 0 Å². The molecule has 2 aliphatic rings. The van der Waals surface area contributed by atoms with E-state index in [1.807, 2.05) is 19.1 Å². The number of nitrogens with two attached hydrogens (primary N) is 1. The first kappa shape index (κ1) is 16.5. The lowest BCUT2D eigenvalue weighted by Crippen LogP contribution is -2.54. The van der Waals surface area contributed by atoms with E-state index in [1.54, 1.807) is 6.20 Å². The van der Waals surface area contributed by atoms with Crippen molar-refractivity contribution < 1.29 is 4.79 Å². The fourth-order valence-corrected chi connectivity index (χ4v) is 4.01. The molecule has 2 fully saturated rings. The number of rotatable bonds is 3. The molecule has 1 aromatic rings. The van der Waals surface area contributed by atoms with Crippen molar-refractivity contribution in [2.24, 2.45) is 11.7 Å². The van der Waals surface area contributed by atoms with E-state index in [0.29, 0.717) is 5.02 Å². The van der Waals surface area contributed by atoms with E-state index in [-0.39, 0.29) is 23.4 Å². The second-order valence-electron chi connectivity index (χ2n) is 7.05. The van der Waals surface area contributed by atoms with Crippen LogP contribution in [-0.2, 0) is 4.79 Å². The lowest BCUT2D eigenvalue weighted by atomic mass is 9.74. The molecule has 1 aliphatic carbocycles. The smallest absolute Gasteiger partial charge is 0.225 e. The van der Waals surface area contributed by atoms with Gasteiger partial charge in [-0.2, -0.15) is 0 Å². The second kappa shape index (κ2) is 6.65. The van der Waals surface area contributed by atoms with Crippen molar-refractivity contribution in [1.29, 1.82) is 0 Å². The lowest BCUT2D eigenvalue weighted by molar-refractivity contribution is -0.128. The Morgan fingerprint density at radius 1 is 1.48 bits per heavy atom. The minimum absolute atomic E-state index is 0.0799. The van der Waals surface area contributed by atoms with Gasteiger partial charge in [0.2, 0.25) is 5.91 Å². The molecule has 0 bridgehead atoms. The van der Waals surface area contributed by atoms with Crippen molar-refractivity contribution in [3.8, 4) is 0 Å². The van der Waals surface area contributed by atoms with Crippen molar-refractivity contribution in [1.82, 2.24) is 10.3 Å². The van der Waals surface area contributed by atoms with Crippen molar-refractivity contribution in [3.05, 3.63) is 23.4 Å². The Morgan fingerprint density at radius 2 is 2.30 bits per heavy atom. The van der Waals surface area contributed by atoms with E-state index < -0.39 is 0 Å². The highest BCUT2D eigenvalue weighted by Crippen LogP contribution is 2.32. The molecule has 2 heterocycles. The van der Waals surface area contributed by atoms with E-state index in [2.05, 4.69) is 15.2 Å². The summed E-state index contributed by atoms with van der Waals surface area (Å²) in [4.78, 5) is 19.1. The average molecular weight is 337 g/mol. The molecule has 1 amide bonds. The lowest BCUT2D eigenvalue weighted by Gasteiger charge is -2.37. The predicted molar refractivity (Wildman–Crippen MR) is 92.6 cm³/mol. The molecular weight excluding hydrogens is 312 g/mol. The van der Waals surface area contributed by atoms with Crippen LogP contribution in [0.3, 0.4) is 0 Å². The second-order valence-corrected chi connectivity index (χ2v) is 7.46. The van der Waals surface area contributed by atoms with E-state index in [9.17, 15) is 4.79 Å². The van der Waals surface area contributed by atoms with Crippen molar-refractivity contribution in [2.75, 3.05) is 18.0 Å². The number of nitrogens with one attached hydrogen (secondary N) is 1. The van der Waals surface area contributed by atoms with Crippen LogP contribution in [0, 0.1) is 5.92 Å². The van der Waals surface area contributed by atoms with Crippen LogP contribution >= 0.6 is 11.6 Å². The highest BCUT2D eigenvalue weighted by atomic mass is 35.5. The van der Waals surface area contributed by atoms with E-state index >= 15 is 0 Å². The third-order valence-corrected chi connectivity index (χ3v) is 5.44. The molecule has 5 nitrogen and oxygen atoms in total. The largest absolute Gasteiger partial charge is 0.353 e. The summed E-state index contributed by atoms with van der Waals surface area (Å²) in [5.41, 5.74) is 5.95. The number of amides is 1. The van der Waals surface area contributed by atoms with Gasteiger partial charge in [0.25, 0.3) is 0 Å². The number of hydrogen-bond donors (Lipinski definition) is 2. The Kier molecular flexibility index (Phi) is 4.78. The number of nitrogens with zero attached hydrogens (tertiary/aromatic N) is 2. The molecule has 1 saturated heterocycles. The van der Waals surface area contributed by atoms with Crippen LogP contribution in [0.25, 0.3) is 0 Å². The first-order valence-electron chi connectivity index (χ1n) is 8.42. The van der Waals surface area contributed by atoms with Gasteiger partial charge in [0.15, 0.2) is 0 Å². The van der Waals surface area contributed by atoms with Crippen LogP contribution in [0.1, 0.15) is 39.0 Å². The number of halogens is 1. The minimum Gasteiger partial charge on any atom is -0.353 e. The Labute approximate surface area is 142 Å². The zero-order valence-electron chi connectivity index (χ0n) is 13.6. The molecule has 1 saturated carbocycles. The van der Waals surface area contributed by atoms with Crippen LogP contribution in [0.15, 0.2) is 18.3 Å². The van der Waals surface area contributed by atoms with Gasteiger partial charge >= 0.3 is 0 Å². The van der Waals surface area contributed by atoms with Gasteiger partial charge in [0.1, 0.15) is 5.82 Å². The zero-order valence-corrected chi connectivity index (χ0v) is 14.4. The van der Waals surface area contributed by atoms with Crippen molar-refractivity contribution in [2.45, 2.75) is 50.6 Å². The molecule has 0 aromatic carbocycles. The summed E-state index contributed by atoms with van der Waals surface area (Å²) in [5, 5.41) is 3.85. The van der Waals surface area contributed by atoms with Gasteiger partial charge in [-0.3, -0.25) is 4.79 Å². The zero-order chi connectivity index (χ0) is 16.4. The highest BCUT2D eigenvalue weighted by Gasteiger charge is 2.39.